The molecule has 0 spiro atoms. The van der Waals surface area contributed by atoms with Crippen molar-refractivity contribution >= 4 is 17.4 Å². The van der Waals surface area contributed by atoms with Gasteiger partial charge in [-0.1, -0.05) is 6.07 Å². The first-order valence-electron chi connectivity index (χ1n) is 7.44. The second kappa shape index (κ2) is 7.09. The number of aliphatic hydroxyl groups excluding tert-OH is 1. The van der Waals surface area contributed by atoms with Crippen LogP contribution in [0, 0.1) is 0 Å². The van der Waals surface area contributed by atoms with E-state index in [0.717, 1.165) is 37.4 Å². The second-order valence-corrected chi connectivity index (χ2v) is 6.19. The summed E-state index contributed by atoms with van der Waals surface area (Å²) in [5, 5.41) is 12.3. The van der Waals surface area contributed by atoms with E-state index in [1.807, 2.05) is 41.2 Å². The third-order valence-electron chi connectivity index (χ3n) is 4.02. The molecule has 0 bridgehead atoms. The zero-order chi connectivity index (χ0) is 14.5. The Morgan fingerprint density at radius 1 is 1.55 bits per heavy atom. The highest BCUT2D eigenvalue weighted by Gasteiger charge is 2.32. The van der Waals surface area contributed by atoms with Gasteiger partial charge in [-0.25, -0.2) is 4.79 Å². The van der Waals surface area contributed by atoms with Crippen LogP contribution in [0.5, 0.6) is 0 Å². The Kier molecular flexibility index (Phi) is 5.43. The van der Waals surface area contributed by atoms with Crippen molar-refractivity contribution in [1.82, 2.24) is 9.80 Å². The van der Waals surface area contributed by atoms with Crippen molar-refractivity contribution in [3.63, 3.8) is 0 Å². The molecule has 2 heterocycles. The van der Waals surface area contributed by atoms with Crippen LogP contribution in [0.4, 0.5) is 4.79 Å². The Morgan fingerprint density at radius 3 is 2.90 bits per heavy atom. The van der Waals surface area contributed by atoms with E-state index >= 15 is 0 Å². The molecule has 112 valence electrons. The number of rotatable bonds is 5. The Hall–Kier alpha value is -1.07. The number of nitrogens with zero attached hydrogens (tertiary/aromatic N) is 2. The Morgan fingerprint density at radius 2 is 2.30 bits per heavy atom. The predicted octanol–water partition coefficient (Wildman–Crippen LogP) is 3.10. The minimum absolute atomic E-state index is 0.121. The lowest BCUT2D eigenvalue weighted by Gasteiger charge is -2.31. The lowest BCUT2D eigenvalue weighted by molar-refractivity contribution is 0.114. The molecule has 0 aliphatic carbocycles. The molecule has 2 unspecified atom stereocenters. The molecular weight excluding hydrogens is 272 g/mol. The molecule has 2 atom stereocenters. The number of carbonyl (C=O) groups is 1. The molecule has 0 aromatic carbocycles. The summed E-state index contributed by atoms with van der Waals surface area (Å²) in [6, 6.07) is 4.20. The first-order valence-corrected chi connectivity index (χ1v) is 8.32. The number of likely N-dealkylation sites (tertiary alicyclic amines) is 1. The first kappa shape index (κ1) is 15.3. The normalized spacial score (nSPS) is 20.1. The van der Waals surface area contributed by atoms with Gasteiger partial charge in [-0.2, -0.15) is 0 Å². The number of aliphatic hydroxyl groups is 1. The topological polar surface area (TPSA) is 43.8 Å². The molecule has 5 heteroatoms. The molecular formula is C15H24N2O2S. The summed E-state index contributed by atoms with van der Waals surface area (Å²) in [5.74, 6) is 0. The maximum absolute atomic E-state index is 12.5. The van der Waals surface area contributed by atoms with Gasteiger partial charge in [0, 0.05) is 30.6 Å². The Balaban J connectivity index is 1.98. The van der Waals surface area contributed by atoms with Crippen LogP contribution < -0.4 is 0 Å². The number of hydrogen-bond acceptors (Lipinski definition) is 3. The first-order chi connectivity index (χ1) is 9.67. The van der Waals surface area contributed by atoms with E-state index < -0.39 is 6.10 Å². The van der Waals surface area contributed by atoms with Crippen LogP contribution >= 0.6 is 11.3 Å². The molecule has 1 N–H and O–H groups in total. The number of hydrogen-bond donors (Lipinski definition) is 1. The van der Waals surface area contributed by atoms with Crippen molar-refractivity contribution in [2.75, 3.05) is 19.6 Å². The van der Waals surface area contributed by atoms with E-state index in [2.05, 4.69) is 0 Å². The fourth-order valence-electron chi connectivity index (χ4n) is 2.86. The summed E-state index contributed by atoms with van der Waals surface area (Å²) in [6.07, 6.45) is 2.22. The van der Waals surface area contributed by atoms with Crippen LogP contribution in [0.25, 0.3) is 0 Å². The van der Waals surface area contributed by atoms with Gasteiger partial charge in [0.2, 0.25) is 0 Å². The molecule has 1 fully saturated rings. The Labute approximate surface area is 125 Å². The number of amides is 2. The largest absolute Gasteiger partial charge is 0.387 e. The van der Waals surface area contributed by atoms with Gasteiger partial charge >= 0.3 is 6.03 Å². The van der Waals surface area contributed by atoms with E-state index in [4.69, 9.17) is 0 Å². The third kappa shape index (κ3) is 3.33. The van der Waals surface area contributed by atoms with Gasteiger partial charge in [0.05, 0.1) is 6.10 Å². The van der Waals surface area contributed by atoms with Gasteiger partial charge < -0.3 is 14.9 Å². The molecule has 1 aromatic rings. The molecule has 1 aliphatic heterocycles. The van der Waals surface area contributed by atoms with Gasteiger partial charge in [-0.05, 0) is 44.6 Å². The minimum Gasteiger partial charge on any atom is -0.387 e. The minimum atomic E-state index is -0.454. The van der Waals surface area contributed by atoms with E-state index in [1.165, 1.54) is 0 Å². The summed E-state index contributed by atoms with van der Waals surface area (Å²) >= 11 is 1.58. The zero-order valence-electron chi connectivity index (χ0n) is 12.3. The third-order valence-corrected chi connectivity index (χ3v) is 5.00. The number of carbonyl (C=O) groups excluding carboxylic acids is 1. The average Bonchev–Trinajstić information content (AvgIpc) is 3.11. The molecule has 4 nitrogen and oxygen atoms in total. The molecule has 20 heavy (non-hydrogen) atoms. The summed E-state index contributed by atoms with van der Waals surface area (Å²) in [4.78, 5) is 17.3. The molecule has 0 radical (unpaired) electrons. The van der Waals surface area contributed by atoms with Gasteiger partial charge in [0.25, 0.3) is 0 Å². The monoisotopic (exact) mass is 296 g/mol. The fourth-order valence-corrected chi connectivity index (χ4v) is 3.59. The van der Waals surface area contributed by atoms with Gasteiger partial charge in [-0.3, -0.25) is 0 Å². The zero-order valence-corrected chi connectivity index (χ0v) is 13.1. The highest BCUT2D eigenvalue weighted by molar-refractivity contribution is 7.10. The Bertz CT molecular complexity index is 418. The van der Waals surface area contributed by atoms with E-state index in [1.54, 1.807) is 11.3 Å². The summed E-state index contributed by atoms with van der Waals surface area (Å²) in [5.41, 5.74) is 0. The van der Waals surface area contributed by atoms with Crippen molar-refractivity contribution < 1.29 is 9.90 Å². The summed E-state index contributed by atoms with van der Waals surface area (Å²) in [7, 11) is 0. The fraction of sp³-hybridized carbons (Fsp3) is 0.667. The summed E-state index contributed by atoms with van der Waals surface area (Å²) < 4.78 is 0. The van der Waals surface area contributed by atoms with Crippen molar-refractivity contribution in [2.24, 2.45) is 0 Å². The van der Waals surface area contributed by atoms with Gasteiger partial charge in [0.15, 0.2) is 0 Å². The van der Waals surface area contributed by atoms with E-state index in [9.17, 15) is 9.90 Å². The molecule has 2 amide bonds. The quantitative estimate of drug-likeness (QED) is 0.907. The standard InChI is InChI=1S/C15H24N2O2S/c1-3-16(4-2)15(19)17-9-5-7-12(17)11-13(18)14-8-6-10-20-14/h6,8,10,12-13,18H,3-5,7,9,11H2,1-2H3. The smallest absolute Gasteiger partial charge is 0.320 e. The molecule has 1 aromatic heterocycles. The van der Waals surface area contributed by atoms with Crippen LogP contribution in [-0.2, 0) is 0 Å². The SMILES string of the molecule is CCN(CC)C(=O)N1CCCC1CC(O)c1cccs1. The van der Waals surface area contributed by atoms with Crippen molar-refractivity contribution in [3.05, 3.63) is 22.4 Å². The maximum Gasteiger partial charge on any atom is 0.320 e. The van der Waals surface area contributed by atoms with Crippen molar-refractivity contribution in [3.8, 4) is 0 Å². The van der Waals surface area contributed by atoms with E-state index in [-0.39, 0.29) is 12.1 Å². The second-order valence-electron chi connectivity index (χ2n) is 5.21. The molecule has 1 saturated heterocycles. The van der Waals surface area contributed by atoms with Crippen LogP contribution in [0.1, 0.15) is 44.1 Å². The van der Waals surface area contributed by atoms with Crippen LogP contribution in [0.15, 0.2) is 17.5 Å². The molecule has 1 aliphatic rings. The van der Waals surface area contributed by atoms with Crippen LogP contribution in [0.2, 0.25) is 0 Å². The predicted molar refractivity (Wildman–Crippen MR) is 81.9 cm³/mol. The highest BCUT2D eigenvalue weighted by atomic mass is 32.1. The lowest BCUT2D eigenvalue weighted by atomic mass is 10.1. The lowest BCUT2D eigenvalue weighted by Crippen LogP contribution is -2.45. The van der Waals surface area contributed by atoms with E-state index in [0.29, 0.717) is 6.42 Å². The van der Waals surface area contributed by atoms with Crippen molar-refractivity contribution in [1.29, 1.82) is 0 Å². The molecule has 2 rings (SSSR count). The maximum atomic E-state index is 12.5. The van der Waals surface area contributed by atoms with Gasteiger partial charge in [0.1, 0.15) is 0 Å². The van der Waals surface area contributed by atoms with Crippen LogP contribution in [-0.4, -0.2) is 46.6 Å². The van der Waals surface area contributed by atoms with Crippen molar-refractivity contribution in [2.45, 2.75) is 45.3 Å². The number of urea groups is 1. The molecule has 0 saturated carbocycles. The highest BCUT2D eigenvalue weighted by Crippen LogP contribution is 2.30. The van der Waals surface area contributed by atoms with Crippen LogP contribution in [0.3, 0.4) is 0 Å². The summed E-state index contributed by atoms with van der Waals surface area (Å²) in [6.45, 7) is 6.31. The van der Waals surface area contributed by atoms with Gasteiger partial charge in [-0.15, -0.1) is 11.3 Å². The average molecular weight is 296 g/mol. The number of thiophene rings is 1.